The maximum atomic E-state index is 5.93. The van der Waals surface area contributed by atoms with Crippen molar-refractivity contribution in [2.45, 2.75) is 6.10 Å². The second-order valence-corrected chi connectivity index (χ2v) is 4.05. The van der Waals surface area contributed by atoms with Crippen molar-refractivity contribution < 1.29 is 4.74 Å². The lowest BCUT2D eigenvalue weighted by Crippen LogP contribution is -2.33. The molecule has 1 aromatic rings. The minimum Gasteiger partial charge on any atom is -0.371 e. The standard InChI is InChI=1S/C10H11Cl2NO/c11-8-2-1-7(5-9(8)12)10-6-13-3-4-14-10/h1-2,5,10,13H,3-4,6H2. The number of halogens is 2. The zero-order valence-corrected chi connectivity index (χ0v) is 9.11. The van der Waals surface area contributed by atoms with E-state index in [9.17, 15) is 0 Å². The van der Waals surface area contributed by atoms with Crippen LogP contribution in [0.15, 0.2) is 18.2 Å². The molecule has 1 heterocycles. The van der Waals surface area contributed by atoms with Gasteiger partial charge in [-0.2, -0.15) is 0 Å². The Bertz CT molecular complexity index is 324. The van der Waals surface area contributed by atoms with Crippen LogP contribution < -0.4 is 5.32 Å². The number of benzene rings is 1. The molecule has 0 amide bonds. The molecule has 1 unspecified atom stereocenters. The van der Waals surface area contributed by atoms with E-state index < -0.39 is 0 Å². The van der Waals surface area contributed by atoms with Crippen LogP contribution in [0, 0.1) is 0 Å². The molecule has 14 heavy (non-hydrogen) atoms. The number of nitrogens with one attached hydrogen (secondary N) is 1. The van der Waals surface area contributed by atoms with Gasteiger partial charge in [0.15, 0.2) is 0 Å². The van der Waals surface area contributed by atoms with E-state index >= 15 is 0 Å². The van der Waals surface area contributed by atoms with Crippen molar-refractivity contribution in [3.05, 3.63) is 33.8 Å². The van der Waals surface area contributed by atoms with Gasteiger partial charge in [0.25, 0.3) is 0 Å². The second kappa shape index (κ2) is 4.49. The molecule has 0 aromatic heterocycles. The maximum Gasteiger partial charge on any atom is 0.0950 e. The lowest BCUT2D eigenvalue weighted by atomic mass is 10.1. The minimum atomic E-state index is 0.0958. The Labute approximate surface area is 93.2 Å². The zero-order valence-electron chi connectivity index (χ0n) is 7.59. The number of ether oxygens (including phenoxy) is 1. The Morgan fingerprint density at radius 1 is 1.29 bits per heavy atom. The third kappa shape index (κ3) is 2.20. The van der Waals surface area contributed by atoms with Gasteiger partial charge in [0, 0.05) is 13.1 Å². The zero-order chi connectivity index (χ0) is 9.97. The Morgan fingerprint density at radius 2 is 2.14 bits per heavy atom. The first-order valence-corrected chi connectivity index (χ1v) is 5.30. The van der Waals surface area contributed by atoms with Crippen molar-refractivity contribution in [1.82, 2.24) is 5.32 Å². The number of hydrogen-bond donors (Lipinski definition) is 1. The summed E-state index contributed by atoms with van der Waals surface area (Å²) in [5.41, 5.74) is 1.08. The van der Waals surface area contributed by atoms with Gasteiger partial charge in [-0.3, -0.25) is 0 Å². The van der Waals surface area contributed by atoms with Crippen molar-refractivity contribution in [3.8, 4) is 0 Å². The summed E-state index contributed by atoms with van der Waals surface area (Å²) in [6.45, 7) is 2.49. The molecule has 4 heteroatoms. The molecule has 0 saturated carbocycles. The van der Waals surface area contributed by atoms with Crippen molar-refractivity contribution in [2.24, 2.45) is 0 Å². The van der Waals surface area contributed by atoms with Crippen LogP contribution in [0.3, 0.4) is 0 Å². The third-order valence-corrected chi connectivity index (χ3v) is 2.98. The van der Waals surface area contributed by atoms with Crippen LogP contribution in [0.4, 0.5) is 0 Å². The summed E-state index contributed by atoms with van der Waals surface area (Å²) >= 11 is 11.8. The van der Waals surface area contributed by atoms with Crippen LogP contribution in [0.2, 0.25) is 10.0 Å². The first-order chi connectivity index (χ1) is 6.77. The molecule has 0 radical (unpaired) electrons. The Hall–Kier alpha value is -0.280. The Kier molecular flexibility index (Phi) is 3.29. The Morgan fingerprint density at radius 3 is 2.79 bits per heavy atom. The van der Waals surface area contributed by atoms with Gasteiger partial charge in [-0.25, -0.2) is 0 Å². The molecule has 1 saturated heterocycles. The first-order valence-electron chi connectivity index (χ1n) is 4.54. The highest BCUT2D eigenvalue weighted by atomic mass is 35.5. The predicted octanol–water partition coefficient (Wildman–Crippen LogP) is 2.65. The summed E-state index contributed by atoms with van der Waals surface area (Å²) in [6, 6.07) is 5.62. The third-order valence-electron chi connectivity index (χ3n) is 2.24. The summed E-state index contributed by atoms with van der Waals surface area (Å²) in [4.78, 5) is 0. The minimum absolute atomic E-state index is 0.0958. The van der Waals surface area contributed by atoms with E-state index in [1.807, 2.05) is 12.1 Å². The van der Waals surface area contributed by atoms with Gasteiger partial charge in [0.2, 0.25) is 0 Å². The summed E-state index contributed by atoms with van der Waals surface area (Å²) in [6.07, 6.45) is 0.0958. The summed E-state index contributed by atoms with van der Waals surface area (Å²) < 4.78 is 5.59. The average molecular weight is 232 g/mol. The molecule has 2 nitrogen and oxygen atoms in total. The van der Waals surface area contributed by atoms with Crippen LogP contribution in [-0.2, 0) is 4.74 Å². The molecule has 0 aliphatic carbocycles. The molecule has 1 aromatic carbocycles. The van der Waals surface area contributed by atoms with E-state index in [1.54, 1.807) is 6.07 Å². The second-order valence-electron chi connectivity index (χ2n) is 3.24. The fourth-order valence-electron chi connectivity index (χ4n) is 1.49. The van der Waals surface area contributed by atoms with Crippen LogP contribution in [0.25, 0.3) is 0 Å². The predicted molar refractivity (Wildman–Crippen MR) is 58.0 cm³/mol. The Balaban J connectivity index is 2.18. The van der Waals surface area contributed by atoms with Gasteiger partial charge in [0.05, 0.1) is 22.8 Å². The van der Waals surface area contributed by atoms with E-state index in [4.69, 9.17) is 27.9 Å². The largest absolute Gasteiger partial charge is 0.371 e. The summed E-state index contributed by atoms with van der Waals surface area (Å²) in [7, 11) is 0. The number of morpholine rings is 1. The molecule has 76 valence electrons. The lowest BCUT2D eigenvalue weighted by molar-refractivity contribution is 0.0277. The smallest absolute Gasteiger partial charge is 0.0950 e. The molecular weight excluding hydrogens is 221 g/mol. The van der Waals surface area contributed by atoms with E-state index in [-0.39, 0.29) is 6.10 Å². The van der Waals surface area contributed by atoms with Crippen LogP contribution in [0.5, 0.6) is 0 Å². The summed E-state index contributed by atoms with van der Waals surface area (Å²) in [5, 5.41) is 4.43. The van der Waals surface area contributed by atoms with E-state index in [0.717, 1.165) is 25.3 Å². The molecule has 1 N–H and O–H groups in total. The molecular formula is C10H11Cl2NO. The van der Waals surface area contributed by atoms with Crippen LogP contribution in [0.1, 0.15) is 11.7 Å². The molecule has 1 aliphatic heterocycles. The fourth-order valence-corrected chi connectivity index (χ4v) is 1.80. The normalized spacial score (nSPS) is 22.3. The van der Waals surface area contributed by atoms with Gasteiger partial charge >= 0.3 is 0 Å². The van der Waals surface area contributed by atoms with Gasteiger partial charge in [-0.15, -0.1) is 0 Å². The van der Waals surface area contributed by atoms with Gasteiger partial charge in [0.1, 0.15) is 0 Å². The SMILES string of the molecule is Clc1ccc(C2CNCCO2)cc1Cl. The lowest BCUT2D eigenvalue weighted by Gasteiger charge is -2.24. The number of hydrogen-bond acceptors (Lipinski definition) is 2. The quantitative estimate of drug-likeness (QED) is 0.803. The topological polar surface area (TPSA) is 21.3 Å². The van der Waals surface area contributed by atoms with Crippen molar-refractivity contribution >= 4 is 23.2 Å². The maximum absolute atomic E-state index is 5.93. The van der Waals surface area contributed by atoms with Crippen molar-refractivity contribution in [1.29, 1.82) is 0 Å². The average Bonchev–Trinajstić information content (AvgIpc) is 2.23. The molecule has 0 spiro atoms. The fraction of sp³-hybridized carbons (Fsp3) is 0.400. The van der Waals surface area contributed by atoms with Crippen molar-refractivity contribution in [3.63, 3.8) is 0 Å². The highest BCUT2D eigenvalue weighted by Crippen LogP contribution is 2.27. The van der Waals surface area contributed by atoms with Gasteiger partial charge < -0.3 is 10.1 Å². The molecule has 2 rings (SSSR count). The van der Waals surface area contributed by atoms with Gasteiger partial charge in [-0.1, -0.05) is 29.3 Å². The molecule has 1 fully saturated rings. The van der Waals surface area contributed by atoms with Crippen LogP contribution in [-0.4, -0.2) is 19.7 Å². The van der Waals surface area contributed by atoms with E-state index in [1.165, 1.54) is 0 Å². The van der Waals surface area contributed by atoms with E-state index in [2.05, 4.69) is 5.32 Å². The van der Waals surface area contributed by atoms with Crippen molar-refractivity contribution in [2.75, 3.05) is 19.7 Å². The van der Waals surface area contributed by atoms with Crippen LogP contribution >= 0.6 is 23.2 Å². The van der Waals surface area contributed by atoms with Gasteiger partial charge in [-0.05, 0) is 17.7 Å². The van der Waals surface area contributed by atoms with E-state index in [0.29, 0.717) is 10.0 Å². The summed E-state index contributed by atoms with van der Waals surface area (Å²) in [5.74, 6) is 0. The highest BCUT2D eigenvalue weighted by Gasteiger charge is 2.16. The first kappa shape index (κ1) is 10.2. The monoisotopic (exact) mass is 231 g/mol. The molecule has 1 atom stereocenters. The number of rotatable bonds is 1. The molecule has 1 aliphatic rings. The molecule has 0 bridgehead atoms. The highest BCUT2D eigenvalue weighted by molar-refractivity contribution is 6.42.